The van der Waals surface area contributed by atoms with Crippen LogP contribution in [0.3, 0.4) is 0 Å². The van der Waals surface area contributed by atoms with Crippen molar-refractivity contribution < 1.29 is 18.5 Å². The number of hydrogen-bond donors (Lipinski definition) is 1. The standard InChI is InChI=1S/C22H23FN4O3S/c1-14-2-3-15(12-18(14)23)21-25-19(30-26-21)4-5-20(28)27-9-6-17(7-10-27)24-22(29)16-8-11-31-13-16/h2-3,8,11-13,17H,4-7,9-10H2,1H3,(H,24,29). The van der Waals surface area contributed by atoms with E-state index in [1.165, 1.54) is 17.4 Å². The Hall–Kier alpha value is -3.07. The van der Waals surface area contributed by atoms with Crippen LogP contribution in [0.1, 0.15) is 41.1 Å². The number of carbonyl (C=O) groups is 2. The number of likely N-dealkylation sites (tertiary alicyclic amines) is 1. The van der Waals surface area contributed by atoms with Crippen molar-refractivity contribution in [3.8, 4) is 11.4 Å². The second kappa shape index (κ2) is 9.38. The highest BCUT2D eigenvalue weighted by Gasteiger charge is 2.24. The second-order valence-corrected chi connectivity index (χ2v) is 8.40. The van der Waals surface area contributed by atoms with E-state index in [2.05, 4.69) is 15.5 Å². The molecule has 1 saturated heterocycles. The first-order chi connectivity index (χ1) is 15.0. The van der Waals surface area contributed by atoms with Crippen LogP contribution in [0, 0.1) is 12.7 Å². The molecule has 1 aliphatic heterocycles. The molecule has 0 aliphatic carbocycles. The number of piperidine rings is 1. The van der Waals surface area contributed by atoms with E-state index in [4.69, 9.17) is 4.52 Å². The van der Waals surface area contributed by atoms with Crippen LogP contribution in [-0.4, -0.2) is 46.0 Å². The summed E-state index contributed by atoms with van der Waals surface area (Å²) >= 11 is 1.49. The zero-order valence-corrected chi connectivity index (χ0v) is 18.0. The minimum atomic E-state index is -0.325. The fourth-order valence-electron chi connectivity index (χ4n) is 3.51. The highest BCUT2D eigenvalue weighted by molar-refractivity contribution is 7.08. The molecule has 0 saturated carbocycles. The summed E-state index contributed by atoms with van der Waals surface area (Å²) in [6, 6.07) is 6.65. The van der Waals surface area contributed by atoms with Crippen molar-refractivity contribution in [1.82, 2.24) is 20.4 Å². The van der Waals surface area contributed by atoms with Crippen LogP contribution in [0.2, 0.25) is 0 Å². The molecular weight excluding hydrogens is 419 g/mol. The summed E-state index contributed by atoms with van der Waals surface area (Å²) in [5, 5.41) is 10.6. The van der Waals surface area contributed by atoms with Gasteiger partial charge in [0.15, 0.2) is 0 Å². The molecule has 31 heavy (non-hydrogen) atoms. The van der Waals surface area contributed by atoms with Gasteiger partial charge >= 0.3 is 0 Å². The molecule has 9 heteroatoms. The van der Waals surface area contributed by atoms with Crippen molar-refractivity contribution in [2.45, 2.75) is 38.6 Å². The lowest BCUT2D eigenvalue weighted by Gasteiger charge is -2.32. The number of benzene rings is 1. The first kappa shape index (κ1) is 21.2. The first-order valence-electron chi connectivity index (χ1n) is 10.2. The first-order valence-corrected chi connectivity index (χ1v) is 11.1. The number of rotatable bonds is 6. The van der Waals surface area contributed by atoms with E-state index in [9.17, 15) is 14.0 Å². The molecule has 2 amide bonds. The number of carbonyl (C=O) groups excluding carboxylic acids is 2. The van der Waals surface area contributed by atoms with E-state index in [1.807, 2.05) is 10.8 Å². The summed E-state index contributed by atoms with van der Waals surface area (Å²) in [7, 11) is 0. The average molecular weight is 443 g/mol. The lowest BCUT2D eigenvalue weighted by atomic mass is 10.0. The van der Waals surface area contributed by atoms with Crippen molar-refractivity contribution >= 4 is 23.2 Å². The molecule has 0 spiro atoms. The van der Waals surface area contributed by atoms with Gasteiger partial charge in [0.05, 0.1) is 0 Å². The third-order valence-corrected chi connectivity index (χ3v) is 6.10. The van der Waals surface area contributed by atoms with Crippen molar-refractivity contribution in [3.63, 3.8) is 0 Å². The van der Waals surface area contributed by atoms with E-state index in [0.29, 0.717) is 47.9 Å². The zero-order chi connectivity index (χ0) is 21.8. The fraction of sp³-hybridized carbons (Fsp3) is 0.364. The second-order valence-electron chi connectivity index (χ2n) is 7.62. The number of hydrogen-bond acceptors (Lipinski definition) is 6. The Morgan fingerprint density at radius 1 is 1.29 bits per heavy atom. The van der Waals surface area contributed by atoms with Gasteiger partial charge in [-0.15, -0.1) is 0 Å². The van der Waals surface area contributed by atoms with Crippen LogP contribution in [-0.2, 0) is 11.2 Å². The molecule has 4 rings (SSSR count). The van der Waals surface area contributed by atoms with Gasteiger partial charge in [0.2, 0.25) is 17.6 Å². The third-order valence-electron chi connectivity index (χ3n) is 5.42. The maximum absolute atomic E-state index is 13.7. The number of nitrogens with one attached hydrogen (secondary N) is 1. The molecule has 1 N–H and O–H groups in total. The van der Waals surface area contributed by atoms with Gasteiger partial charge in [-0.25, -0.2) is 4.39 Å². The molecule has 0 bridgehead atoms. The van der Waals surface area contributed by atoms with Crippen molar-refractivity contribution in [2.24, 2.45) is 0 Å². The van der Waals surface area contributed by atoms with Gasteiger partial charge in [-0.05, 0) is 42.8 Å². The minimum Gasteiger partial charge on any atom is -0.349 e. The predicted octanol–water partition coefficient (Wildman–Crippen LogP) is 3.60. The van der Waals surface area contributed by atoms with Crippen molar-refractivity contribution in [2.75, 3.05) is 13.1 Å². The summed E-state index contributed by atoms with van der Waals surface area (Å²) < 4.78 is 19.0. The molecule has 3 heterocycles. The average Bonchev–Trinajstić information content (AvgIpc) is 3.47. The molecule has 0 unspecified atom stereocenters. The molecule has 3 aromatic rings. The number of halogens is 1. The molecule has 7 nitrogen and oxygen atoms in total. The number of aryl methyl sites for hydroxylation is 2. The van der Waals surface area contributed by atoms with Crippen molar-refractivity contribution in [3.05, 3.63) is 57.9 Å². The summed E-state index contributed by atoms with van der Waals surface area (Å²) in [5.41, 5.74) is 1.76. The molecule has 1 aliphatic rings. The molecule has 0 radical (unpaired) electrons. The van der Waals surface area contributed by atoms with Gasteiger partial charge in [-0.2, -0.15) is 16.3 Å². The Balaban J connectivity index is 1.24. The minimum absolute atomic E-state index is 0.0174. The highest BCUT2D eigenvalue weighted by atomic mass is 32.1. The Bertz CT molecular complexity index is 1060. The van der Waals surface area contributed by atoms with E-state index < -0.39 is 0 Å². The number of amides is 2. The monoisotopic (exact) mass is 442 g/mol. The van der Waals surface area contributed by atoms with Gasteiger partial charge in [-0.3, -0.25) is 9.59 Å². The zero-order valence-electron chi connectivity index (χ0n) is 17.1. The van der Waals surface area contributed by atoms with Gasteiger partial charge < -0.3 is 14.7 Å². The van der Waals surface area contributed by atoms with Crippen LogP contribution < -0.4 is 5.32 Å². The number of nitrogens with zero attached hydrogens (tertiary/aromatic N) is 3. The molecular formula is C22H23FN4O3S. The molecule has 1 aromatic carbocycles. The predicted molar refractivity (Wildman–Crippen MR) is 114 cm³/mol. The van der Waals surface area contributed by atoms with Gasteiger partial charge in [0.25, 0.3) is 5.91 Å². The molecule has 0 atom stereocenters. The van der Waals surface area contributed by atoms with Crippen LogP contribution in [0.25, 0.3) is 11.4 Å². The van der Waals surface area contributed by atoms with E-state index in [0.717, 1.165) is 12.8 Å². The van der Waals surface area contributed by atoms with Crippen LogP contribution in [0.5, 0.6) is 0 Å². The fourth-order valence-corrected chi connectivity index (χ4v) is 4.15. The summed E-state index contributed by atoms with van der Waals surface area (Å²) in [6.45, 7) is 2.89. The Labute approximate surface area is 183 Å². The summed E-state index contributed by atoms with van der Waals surface area (Å²) in [5.74, 6) is 0.287. The maximum Gasteiger partial charge on any atom is 0.252 e. The highest BCUT2D eigenvalue weighted by Crippen LogP contribution is 2.20. The smallest absolute Gasteiger partial charge is 0.252 e. The summed E-state index contributed by atoms with van der Waals surface area (Å²) in [4.78, 5) is 30.8. The van der Waals surface area contributed by atoms with Crippen LogP contribution in [0.4, 0.5) is 4.39 Å². The number of thiophene rings is 1. The quantitative estimate of drug-likeness (QED) is 0.630. The third kappa shape index (κ3) is 5.16. The van der Waals surface area contributed by atoms with E-state index in [1.54, 1.807) is 30.0 Å². The van der Waals surface area contributed by atoms with E-state index in [-0.39, 0.29) is 30.1 Å². The number of aromatic nitrogens is 2. The molecule has 2 aromatic heterocycles. The topological polar surface area (TPSA) is 88.3 Å². The SMILES string of the molecule is Cc1ccc(-c2noc(CCC(=O)N3CCC(NC(=O)c4ccsc4)CC3)n2)cc1F. The normalized spacial score (nSPS) is 14.6. The largest absolute Gasteiger partial charge is 0.349 e. The lowest BCUT2D eigenvalue weighted by molar-refractivity contribution is -0.132. The Kier molecular flexibility index (Phi) is 6.41. The Morgan fingerprint density at radius 3 is 2.81 bits per heavy atom. The van der Waals surface area contributed by atoms with Gasteiger partial charge in [0.1, 0.15) is 5.82 Å². The molecule has 1 fully saturated rings. The lowest BCUT2D eigenvalue weighted by Crippen LogP contribution is -2.46. The van der Waals surface area contributed by atoms with Gasteiger partial charge in [0, 0.05) is 48.5 Å². The van der Waals surface area contributed by atoms with Crippen LogP contribution >= 0.6 is 11.3 Å². The maximum atomic E-state index is 13.7. The van der Waals surface area contributed by atoms with Crippen molar-refractivity contribution in [1.29, 1.82) is 0 Å². The molecule has 162 valence electrons. The Morgan fingerprint density at radius 2 is 2.10 bits per heavy atom. The van der Waals surface area contributed by atoms with Gasteiger partial charge in [-0.1, -0.05) is 17.3 Å². The summed E-state index contributed by atoms with van der Waals surface area (Å²) in [6.07, 6.45) is 2.04. The van der Waals surface area contributed by atoms with Crippen LogP contribution in [0.15, 0.2) is 39.5 Å². The van der Waals surface area contributed by atoms with E-state index >= 15 is 0 Å².